The lowest BCUT2D eigenvalue weighted by atomic mass is 9.79. The molecule has 0 saturated carbocycles. The van der Waals surface area contributed by atoms with Gasteiger partial charge in [0.1, 0.15) is 6.17 Å². The first-order valence-electron chi connectivity index (χ1n) is 14.1. The number of halogens is 2. The van der Waals surface area contributed by atoms with Crippen LogP contribution in [0.4, 0.5) is 19.3 Å². The smallest absolute Gasteiger partial charge is 0.317 e. The first kappa shape index (κ1) is 27.6. The van der Waals surface area contributed by atoms with Crippen molar-refractivity contribution in [2.45, 2.75) is 63.1 Å². The summed E-state index contributed by atoms with van der Waals surface area (Å²) >= 11 is 0. The number of nitrogens with one attached hydrogen (secondary N) is 3. The standard InChI is InChI=1S/C28H42F2N8O/c1-28(16-34-36(3)17-28)22-13-18-5-4-11-38(24(18)14-20(22)25(29)30)26(31)21-15-37(27(39)32-2)12-8-23(21)35-19-6-9-33-10-7-19/h13-14,16,19,25-26,33,35H,4-12,15,17,31H2,1-3H3,(H,32,39). The largest absolute Gasteiger partial charge is 0.385 e. The normalized spacial score (nSPS) is 24.8. The zero-order valence-corrected chi connectivity index (χ0v) is 23.3. The van der Waals surface area contributed by atoms with Crippen molar-refractivity contribution in [3.8, 4) is 0 Å². The van der Waals surface area contributed by atoms with Crippen LogP contribution >= 0.6 is 0 Å². The predicted molar refractivity (Wildman–Crippen MR) is 150 cm³/mol. The highest BCUT2D eigenvalue weighted by Crippen LogP contribution is 2.41. The molecule has 1 saturated heterocycles. The number of piperidine rings is 1. The van der Waals surface area contributed by atoms with E-state index >= 15 is 0 Å². The van der Waals surface area contributed by atoms with Crippen LogP contribution in [0.1, 0.15) is 55.7 Å². The number of aryl methyl sites for hydroxylation is 1. The van der Waals surface area contributed by atoms with E-state index in [1.54, 1.807) is 29.2 Å². The lowest BCUT2D eigenvalue weighted by Gasteiger charge is -2.42. The number of likely N-dealkylation sites (N-methyl/N-ethyl adjacent to an activating group) is 1. The molecule has 5 N–H and O–H groups in total. The number of carbonyl (C=O) groups is 1. The first-order chi connectivity index (χ1) is 18.7. The molecule has 5 rings (SSSR count). The molecule has 2 amide bonds. The van der Waals surface area contributed by atoms with Crippen LogP contribution in [0.3, 0.4) is 0 Å². The second-order valence-corrected chi connectivity index (χ2v) is 11.5. The van der Waals surface area contributed by atoms with Crippen LogP contribution in [0.15, 0.2) is 28.5 Å². The highest BCUT2D eigenvalue weighted by molar-refractivity contribution is 5.77. The highest BCUT2D eigenvalue weighted by atomic mass is 19.3. The van der Waals surface area contributed by atoms with Gasteiger partial charge in [0, 0.05) is 80.3 Å². The van der Waals surface area contributed by atoms with Crippen LogP contribution in [-0.4, -0.2) is 87.7 Å². The summed E-state index contributed by atoms with van der Waals surface area (Å²) in [5, 5.41) is 16.0. The first-order valence-corrected chi connectivity index (χ1v) is 14.1. The molecule has 39 heavy (non-hydrogen) atoms. The SMILES string of the molecule is CNC(=O)N1CCC(NC2CCNCC2)=C(C(N)N2CCCc3cc(C4(C)C=NN(C)C4)c(C(F)F)cc32)C1. The van der Waals surface area contributed by atoms with Gasteiger partial charge in [-0.15, -0.1) is 0 Å². The van der Waals surface area contributed by atoms with Crippen molar-refractivity contribution < 1.29 is 13.6 Å². The van der Waals surface area contributed by atoms with Crippen LogP contribution in [0.2, 0.25) is 0 Å². The van der Waals surface area contributed by atoms with E-state index in [1.807, 2.05) is 20.0 Å². The van der Waals surface area contributed by atoms with Gasteiger partial charge in [-0.2, -0.15) is 5.10 Å². The van der Waals surface area contributed by atoms with E-state index in [-0.39, 0.29) is 11.6 Å². The fraction of sp³-hybridized carbons (Fsp3) is 0.643. The molecule has 9 nitrogen and oxygen atoms in total. The van der Waals surface area contributed by atoms with Gasteiger partial charge in [0.2, 0.25) is 0 Å². The molecule has 1 aromatic carbocycles. The van der Waals surface area contributed by atoms with E-state index in [0.29, 0.717) is 44.2 Å². The fourth-order valence-corrected chi connectivity index (χ4v) is 6.54. The predicted octanol–water partition coefficient (Wildman–Crippen LogP) is 2.49. The third kappa shape index (κ3) is 5.56. The summed E-state index contributed by atoms with van der Waals surface area (Å²) in [6.07, 6.45) is 3.05. The Hall–Kier alpha value is -2.92. The maximum atomic E-state index is 14.5. The zero-order valence-electron chi connectivity index (χ0n) is 23.3. The van der Waals surface area contributed by atoms with Gasteiger partial charge in [0.15, 0.2) is 0 Å². The maximum absolute atomic E-state index is 14.5. The summed E-state index contributed by atoms with van der Waals surface area (Å²) < 4.78 is 29.0. The summed E-state index contributed by atoms with van der Waals surface area (Å²) in [6, 6.07) is 3.83. The minimum absolute atomic E-state index is 0.0368. The number of alkyl halides is 2. The number of fused-ring (bicyclic) bond motifs is 1. The van der Waals surface area contributed by atoms with Crippen molar-refractivity contribution in [3.63, 3.8) is 0 Å². The average Bonchev–Trinajstić information content (AvgIpc) is 3.31. The van der Waals surface area contributed by atoms with Crippen LogP contribution in [0.5, 0.6) is 0 Å². The van der Waals surface area contributed by atoms with Crippen molar-refractivity contribution in [3.05, 3.63) is 40.1 Å². The number of urea groups is 1. The molecule has 1 aromatic rings. The summed E-state index contributed by atoms with van der Waals surface area (Å²) in [5.74, 6) is 0. The maximum Gasteiger partial charge on any atom is 0.317 e. The van der Waals surface area contributed by atoms with Crippen molar-refractivity contribution >= 4 is 17.9 Å². The van der Waals surface area contributed by atoms with Crippen molar-refractivity contribution in [2.24, 2.45) is 10.8 Å². The fourth-order valence-electron chi connectivity index (χ4n) is 6.54. The van der Waals surface area contributed by atoms with E-state index in [9.17, 15) is 13.6 Å². The minimum Gasteiger partial charge on any atom is -0.385 e. The second kappa shape index (κ2) is 11.3. The molecule has 214 valence electrons. The molecular weight excluding hydrogens is 502 g/mol. The van der Waals surface area contributed by atoms with E-state index < -0.39 is 18.0 Å². The molecule has 0 aromatic heterocycles. The second-order valence-electron chi connectivity index (χ2n) is 11.5. The molecule has 0 spiro atoms. The molecule has 2 unspecified atom stereocenters. The number of anilines is 1. The molecule has 0 radical (unpaired) electrons. The lowest BCUT2D eigenvalue weighted by Crippen LogP contribution is -2.53. The van der Waals surface area contributed by atoms with Gasteiger partial charge < -0.3 is 31.5 Å². The molecule has 1 fully saturated rings. The summed E-state index contributed by atoms with van der Waals surface area (Å²) in [7, 11) is 3.49. The number of hydrogen-bond acceptors (Lipinski definition) is 7. The van der Waals surface area contributed by atoms with Gasteiger partial charge in [-0.05, 0) is 62.9 Å². The van der Waals surface area contributed by atoms with E-state index in [1.165, 1.54) is 0 Å². The molecular formula is C28H42F2N8O. The Balaban J connectivity index is 1.51. The summed E-state index contributed by atoms with van der Waals surface area (Å²) in [4.78, 5) is 16.4. The molecule has 4 heterocycles. The van der Waals surface area contributed by atoms with Gasteiger partial charge in [-0.25, -0.2) is 13.6 Å². The van der Waals surface area contributed by atoms with Crippen LogP contribution < -0.4 is 26.6 Å². The number of carbonyl (C=O) groups excluding carboxylic acids is 1. The molecule has 2 atom stereocenters. The van der Waals surface area contributed by atoms with Gasteiger partial charge in [-0.3, -0.25) is 5.01 Å². The van der Waals surface area contributed by atoms with Crippen molar-refractivity contribution in [2.75, 3.05) is 58.3 Å². The summed E-state index contributed by atoms with van der Waals surface area (Å²) in [6.45, 7) is 6.14. The zero-order chi connectivity index (χ0) is 27.7. The number of hydrazone groups is 1. The number of nitrogens with two attached hydrogens (primary N) is 1. The highest BCUT2D eigenvalue weighted by Gasteiger charge is 2.38. The number of amides is 2. The quantitative estimate of drug-likeness (QED) is 0.439. The third-order valence-corrected chi connectivity index (χ3v) is 8.64. The van der Waals surface area contributed by atoms with Gasteiger partial charge >= 0.3 is 6.03 Å². The number of hydrogen-bond donors (Lipinski definition) is 4. The van der Waals surface area contributed by atoms with Crippen LogP contribution in [-0.2, 0) is 11.8 Å². The van der Waals surface area contributed by atoms with Gasteiger partial charge in [0.05, 0.1) is 6.54 Å². The van der Waals surface area contributed by atoms with E-state index in [2.05, 4.69) is 26.0 Å². The molecule has 0 bridgehead atoms. The average molecular weight is 545 g/mol. The Morgan fingerprint density at radius 3 is 2.67 bits per heavy atom. The number of rotatable bonds is 6. The van der Waals surface area contributed by atoms with Gasteiger partial charge in [-0.1, -0.05) is 6.07 Å². The summed E-state index contributed by atoms with van der Waals surface area (Å²) in [5.41, 5.74) is 11.0. The third-order valence-electron chi connectivity index (χ3n) is 8.64. The lowest BCUT2D eigenvalue weighted by molar-refractivity contribution is 0.149. The molecule has 11 heteroatoms. The van der Waals surface area contributed by atoms with Crippen LogP contribution in [0, 0.1) is 0 Å². The van der Waals surface area contributed by atoms with E-state index in [4.69, 9.17) is 5.73 Å². The monoisotopic (exact) mass is 544 g/mol. The molecule has 4 aliphatic heterocycles. The Morgan fingerprint density at radius 2 is 2.00 bits per heavy atom. The van der Waals surface area contributed by atoms with Crippen LogP contribution in [0.25, 0.3) is 0 Å². The topological polar surface area (TPSA) is 101 Å². The Morgan fingerprint density at radius 1 is 1.23 bits per heavy atom. The van der Waals surface area contributed by atoms with Crippen molar-refractivity contribution in [1.82, 2.24) is 25.9 Å². The Kier molecular flexibility index (Phi) is 8.00. The Bertz CT molecular complexity index is 1130. The number of nitrogens with zero attached hydrogens (tertiary/aromatic N) is 4. The minimum atomic E-state index is -2.61. The van der Waals surface area contributed by atoms with Gasteiger partial charge in [0.25, 0.3) is 6.43 Å². The number of benzene rings is 1. The van der Waals surface area contributed by atoms with E-state index in [0.717, 1.165) is 61.3 Å². The molecule has 0 aliphatic carbocycles. The van der Waals surface area contributed by atoms with Crippen molar-refractivity contribution in [1.29, 1.82) is 0 Å². The Labute approximate surface area is 229 Å². The molecule has 4 aliphatic rings.